The summed E-state index contributed by atoms with van der Waals surface area (Å²) in [6.45, 7) is 1.73. The second kappa shape index (κ2) is 7.90. The van der Waals surface area contributed by atoms with Gasteiger partial charge in [0.2, 0.25) is 5.91 Å². The van der Waals surface area contributed by atoms with Gasteiger partial charge in [0.25, 0.3) is 0 Å². The van der Waals surface area contributed by atoms with Crippen molar-refractivity contribution in [1.29, 1.82) is 0 Å². The van der Waals surface area contributed by atoms with Gasteiger partial charge in [0.15, 0.2) is 11.5 Å². The summed E-state index contributed by atoms with van der Waals surface area (Å²) >= 11 is 0. The van der Waals surface area contributed by atoms with Gasteiger partial charge in [0.05, 0.1) is 26.5 Å². The fraction of sp³-hybridized carbons (Fsp3) is 0.316. The van der Waals surface area contributed by atoms with Gasteiger partial charge < -0.3 is 19.5 Å². The van der Waals surface area contributed by atoms with Gasteiger partial charge in [0.1, 0.15) is 11.9 Å². The van der Waals surface area contributed by atoms with Crippen molar-refractivity contribution in [3.05, 3.63) is 48.5 Å². The number of carbonyl (C=O) groups is 1. The van der Waals surface area contributed by atoms with Crippen molar-refractivity contribution in [1.82, 2.24) is 4.90 Å². The highest BCUT2D eigenvalue weighted by Crippen LogP contribution is 2.28. The first-order valence-electron chi connectivity index (χ1n) is 8.14. The molecule has 25 heavy (non-hydrogen) atoms. The van der Waals surface area contributed by atoms with Crippen molar-refractivity contribution in [2.45, 2.75) is 6.10 Å². The third-order valence-electron chi connectivity index (χ3n) is 4.03. The van der Waals surface area contributed by atoms with Crippen LogP contribution in [0.4, 0.5) is 5.69 Å². The number of hydrogen-bond acceptors (Lipinski definition) is 5. The summed E-state index contributed by atoms with van der Waals surface area (Å²) in [5, 5.41) is 2.88. The first-order valence-corrected chi connectivity index (χ1v) is 8.14. The molecule has 0 unspecified atom stereocenters. The molecule has 1 saturated heterocycles. The number of hydrogen-bond donors (Lipinski definition) is 1. The molecule has 0 aromatic heterocycles. The predicted molar refractivity (Wildman–Crippen MR) is 95.5 cm³/mol. The highest BCUT2D eigenvalue weighted by Gasteiger charge is 2.30. The van der Waals surface area contributed by atoms with E-state index in [-0.39, 0.29) is 12.0 Å². The number of carbonyl (C=O) groups excluding carboxylic acids is 1. The molecule has 3 rings (SSSR count). The van der Waals surface area contributed by atoms with Crippen LogP contribution in [-0.2, 0) is 4.79 Å². The Hall–Kier alpha value is -2.73. The van der Waals surface area contributed by atoms with Gasteiger partial charge in [-0.1, -0.05) is 24.3 Å². The Morgan fingerprint density at radius 3 is 2.28 bits per heavy atom. The molecule has 2 aromatic rings. The summed E-state index contributed by atoms with van der Waals surface area (Å²) in [5.74, 6) is 2.03. The molecule has 1 amide bonds. The molecular weight excluding hydrogens is 320 g/mol. The summed E-state index contributed by atoms with van der Waals surface area (Å²) in [6, 6.07) is 14.9. The minimum absolute atomic E-state index is 0.0651. The van der Waals surface area contributed by atoms with Crippen molar-refractivity contribution < 1.29 is 19.0 Å². The van der Waals surface area contributed by atoms with Crippen LogP contribution in [0.1, 0.15) is 0 Å². The lowest BCUT2D eigenvalue weighted by molar-refractivity contribution is -0.119. The van der Waals surface area contributed by atoms with Crippen molar-refractivity contribution in [3.8, 4) is 17.2 Å². The van der Waals surface area contributed by atoms with E-state index in [0.29, 0.717) is 31.1 Å². The molecule has 0 radical (unpaired) electrons. The zero-order chi connectivity index (χ0) is 17.6. The summed E-state index contributed by atoms with van der Waals surface area (Å²) in [4.78, 5) is 14.2. The number of ether oxygens (including phenoxy) is 3. The summed E-state index contributed by atoms with van der Waals surface area (Å²) in [5.41, 5.74) is 0.678. The highest BCUT2D eigenvalue weighted by molar-refractivity contribution is 5.93. The zero-order valence-electron chi connectivity index (χ0n) is 14.4. The molecule has 1 heterocycles. The smallest absolute Gasteiger partial charge is 0.238 e. The van der Waals surface area contributed by atoms with E-state index < -0.39 is 0 Å². The predicted octanol–water partition coefficient (Wildman–Crippen LogP) is 2.41. The van der Waals surface area contributed by atoms with Crippen LogP contribution in [0.2, 0.25) is 0 Å². The molecular formula is C19H22N2O4. The van der Waals surface area contributed by atoms with Crippen LogP contribution in [0.5, 0.6) is 17.2 Å². The third kappa shape index (κ3) is 4.22. The maximum absolute atomic E-state index is 12.2. The molecule has 1 aliphatic rings. The SMILES string of the molecule is COc1ccccc1NC(=O)CN1CC(Oc2ccccc2OC)C1. The summed E-state index contributed by atoms with van der Waals surface area (Å²) in [7, 11) is 3.21. The molecule has 6 nitrogen and oxygen atoms in total. The number of anilines is 1. The molecule has 0 aliphatic carbocycles. The molecule has 132 valence electrons. The van der Waals surface area contributed by atoms with Gasteiger partial charge in [-0.05, 0) is 24.3 Å². The van der Waals surface area contributed by atoms with E-state index in [1.807, 2.05) is 53.4 Å². The third-order valence-corrected chi connectivity index (χ3v) is 4.03. The van der Waals surface area contributed by atoms with Gasteiger partial charge in [-0.2, -0.15) is 0 Å². The van der Waals surface area contributed by atoms with E-state index in [1.165, 1.54) is 0 Å². The molecule has 1 aliphatic heterocycles. The standard InChI is InChI=1S/C19H22N2O4/c1-23-16-8-4-3-7-15(16)20-19(22)13-21-11-14(12-21)25-18-10-6-5-9-17(18)24-2/h3-10,14H,11-13H2,1-2H3,(H,20,22). The minimum atomic E-state index is -0.0692. The van der Waals surface area contributed by atoms with Gasteiger partial charge in [-0.15, -0.1) is 0 Å². The van der Waals surface area contributed by atoms with Crippen molar-refractivity contribution >= 4 is 11.6 Å². The normalized spacial score (nSPS) is 14.5. The molecule has 6 heteroatoms. The second-order valence-electron chi connectivity index (χ2n) is 5.83. The number of methoxy groups -OCH3 is 2. The quantitative estimate of drug-likeness (QED) is 0.837. The number of likely N-dealkylation sites (tertiary alicyclic amines) is 1. The largest absolute Gasteiger partial charge is 0.495 e. The van der Waals surface area contributed by atoms with Crippen LogP contribution in [0.15, 0.2) is 48.5 Å². The Morgan fingerprint density at radius 2 is 1.60 bits per heavy atom. The molecule has 2 aromatic carbocycles. The summed E-state index contributed by atoms with van der Waals surface area (Å²) in [6.07, 6.45) is 0.0651. The van der Waals surface area contributed by atoms with Crippen LogP contribution >= 0.6 is 0 Å². The van der Waals surface area contributed by atoms with E-state index >= 15 is 0 Å². The Balaban J connectivity index is 1.46. The van der Waals surface area contributed by atoms with Crippen molar-refractivity contribution in [3.63, 3.8) is 0 Å². The topological polar surface area (TPSA) is 60.0 Å². The first kappa shape index (κ1) is 17.1. The summed E-state index contributed by atoms with van der Waals surface area (Å²) < 4.78 is 16.4. The van der Waals surface area contributed by atoms with E-state index in [0.717, 1.165) is 11.5 Å². The Labute approximate surface area is 147 Å². The minimum Gasteiger partial charge on any atom is -0.495 e. The van der Waals surface area contributed by atoms with Crippen LogP contribution in [0.25, 0.3) is 0 Å². The monoisotopic (exact) mass is 342 g/mol. The zero-order valence-corrected chi connectivity index (χ0v) is 14.4. The number of nitrogens with one attached hydrogen (secondary N) is 1. The Bertz CT molecular complexity index is 729. The lowest BCUT2D eigenvalue weighted by Crippen LogP contribution is -2.55. The van der Waals surface area contributed by atoms with E-state index in [2.05, 4.69) is 5.32 Å². The van der Waals surface area contributed by atoms with Gasteiger partial charge >= 0.3 is 0 Å². The number of nitrogens with zero attached hydrogens (tertiary/aromatic N) is 1. The first-order chi connectivity index (χ1) is 12.2. The maximum atomic E-state index is 12.2. The molecule has 0 atom stereocenters. The van der Waals surface area contributed by atoms with Crippen molar-refractivity contribution in [2.24, 2.45) is 0 Å². The second-order valence-corrected chi connectivity index (χ2v) is 5.83. The van der Waals surface area contributed by atoms with Gasteiger partial charge in [0, 0.05) is 13.1 Å². The van der Waals surface area contributed by atoms with Gasteiger partial charge in [-0.3, -0.25) is 9.69 Å². The van der Waals surface area contributed by atoms with Crippen LogP contribution in [-0.4, -0.2) is 50.8 Å². The molecule has 1 N–H and O–H groups in total. The van der Waals surface area contributed by atoms with Crippen LogP contribution in [0.3, 0.4) is 0 Å². The highest BCUT2D eigenvalue weighted by atomic mass is 16.5. The number of rotatable bonds is 7. The number of benzene rings is 2. The maximum Gasteiger partial charge on any atom is 0.238 e. The Morgan fingerprint density at radius 1 is 1.00 bits per heavy atom. The van der Waals surface area contributed by atoms with Gasteiger partial charge in [-0.25, -0.2) is 0 Å². The lowest BCUT2D eigenvalue weighted by atomic mass is 10.1. The van der Waals surface area contributed by atoms with E-state index in [9.17, 15) is 4.79 Å². The fourth-order valence-electron chi connectivity index (χ4n) is 2.76. The molecule has 0 saturated carbocycles. The average Bonchev–Trinajstić information content (AvgIpc) is 2.60. The average molecular weight is 342 g/mol. The molecule has 0 spiro atoms. The number of amides is 1. The van der Waals surface area contributed by atoms with E-state index in [1.54, 1.807) is 14.2 Å². The molecule has 0 bridgehead atoms. The van der Waals surface area contributed by atoms with Crippen LogP contribution < -0.4 is 19.5 Å². The van der Waals surface area contributed by atoms with Crippen LogP contribution in [0, 0.1) is 0 Å². The Kier molecular flexibility index (Phi) is 5.40. The lowest BCUT2D eigenvalue weighted by Gasteiger charge is -2.38. The molecule has 1 fully saturated rings. The van der Waals surface area contributed by atoms with Crippen molar-refractivity contribution in [2.75, 3.05) is 39.2 Å². The number of para-hydroxylation sites is 4. The van der Waals surface area contributed by atoms with E-state index in [4.69, 9.17) is 14.2 Å². The fourth-order valence-corrected chi connectivity index (χ4v) is 2.76.